The highest BCUT2D eigenvalue weighted by Gasteiger charge is 2.37. The lowest BCUT2D eigenvalue weighted by atomic mass is 10.0. The SMILES string of the molecule is COc1ccc(CNC(=O)[C@H]2Sc3nnc(C)n3N[C@@H]2c2ccc(OC)c(Cl)c2)cc1. The summed E-state index contributed by atoms with van der Waals surface area (Å²) in [7, 11) is 3.19. The zero-order valence-corrected chi connectivity index (χ0v) is 18.8. The maximum absolute atomic E-state index is 13.2. The van der Waals surface area contributed by atoms with E-state index in [1.807, 2.05) is 43.3 Å². The van der Waals surface area contributed by atoms with E-state index < -0.39 is 5.25 Å². The smallest absolute Gasteiger partial charge is 0.236 e. The number of ether oxygens (including phenoxy) is 2. The van der Waals surface area contributed by atoms with Crippen LogP contribution < -0.4 is 20.2 Å². The molecule has 2 N–H and O–H groups in total. The Hall–Kier alpha value is -2.91. The number of methoxy groups -OCH3 is 2. The highest BCUT2D eigenvalue weighted by molar-refractivity contribution is 8.00. The van der Waals surface area contributed by atoms with Crippen LogP contribution in [-0.4, -0.2) is 40.3 Å². The molecule has 0 bridgehead atoms. The number of aryl methyl sites for hydroxylation is 1. The second-order valence-electron chi connectivity index (χ2n) is 6.97. The molecule has 0 fully saturated rings. The maximum Gasteiger partial charge on any atom is 0.236 e. The van der Waals surface area contributed by atoms with Gasteiger partial charge in [-0.3, -0.25) is 4.79 Å². The molecule has 1 aliphatic heterocycles. The van der Waals surface area contributed by atoms with Crippen LogP contribution in [0.25, 0.3) is 0 Å². The van der Waals surface area contributed by atoms with E-state index in [4.69, 9.17) is 21.1 Å². The number of rotatable bonds is 6. The summed E-state index contributed by atoms with van der Waals surface area (Å²) >= 11 is 7.72. The van der Waals surface area contributed by atoms with Gasteiger partial charge in [0.05, 0.1) is 25.3 Å². The summed E-state index contributed by atoms with van der Waals surface area (Å²) in [4.78, 5) is 13.2. The van der Waals surface area contributed by atoms with E-state index in [0.29, 0.717) is 28.3 Å². The molecule has 0 unspecified atom stereocenters. The Morgan fingerprint density at radius 3 is 2.65 bits per heavy atom. The largest absolute Gasteiger partial charge is 0.497 e. The van der Waals surface area contributed by atoms with Crippen LogP contribution in [0.1, 0.15) is 23.0 Å². The van der Waals surface area contributed by atoms with Crippen molar-refractivity contribution >= 4 is 29.3 Å². The molecule has 4 rings (SSSR count). The highest BCUT2D eigenvalue weighted by Crippen LogP contribution is 2.38. The molecule has 8 nitrogen and oxygen atoms in total. The molecular weight excluding hydrogens is 438 g/mol. The predicted molar refractivity (Wildman–Crippen MR) is 119 cm³/mol. The van der Waals surface area contributed by atoms with E-state index >= 15 is 0 Å². The monoisotopic (exact) mass is 459 g/mol. The number of thioether (sulfide) groups is 1. The first-order chi connectivity index (χ1) is 15.0. The molecule has 1 amide bonds. The second kappa shape index (κ2) is 9.07. The van der Waals surface area contributed by atoms with E-state index in [2.05, 4.69) is 20.9 Å². The summed E-state index contributed by atoms with van der Waals surface area (Å²) in [6.45, 7) is 2.26. The summed E-state index contributed by atoms with van der Waals surface area (Å²) in [5.41, 5.74) is 5.20. The number of aromatic nitrogens is 3. The van der Waals surface area contributed by atoms with Gasteiger partial charge >= 0.3 is 0 Å². The summed E-state index contributed by atoms with van der Waals surface area (Å²) in [6.07, 6.45) is 0. The average Bonchev–Trinajstić information content (AvgIpc) is 3.16. The fourth-order valence-corrected chi connectivity index (χ4v) is 4.74. The summed E-state index contributed by atoms with van der Waals surface area (Å²) in [5, 5.41) is 12.0. The van der Waals surface area contributed by atoms with Crippen molar-refractivity contribution in [2.75, 3.05) is 19.6 Å². The van der Waals surface area contributed by atoms with Crippen molar-refractivity contribution in [1.82, 2.24) is 20.2 Å². The first kappa shape index (κ1) is 21.3. The molecule has 162 valence electrons. The molecule has 1 aromatic heterocycles. The van der Waals surface area contributed by atoms with Gasteiger partial charge in [-0.05, 0) is 42.3 Å². The van der Waals surface area contributed by atoms with E-state index in [9.17, 15) is 4.79 Å². The number of amides is 1. The van der Waals surface area contributed by atoms with Gasteiger partial charge in [-0.1, -0.05) is 41.6 Å². The van der Waals surface area contributed by atoms with Gasteiger partial charge in [0.25, 0.3) is 0 Å². The van der Waals surface area contributed by atoms with Gasteiger partial charge in [0.15, 0.2) is 0 Å². The lowest BCUT2D eigenvalue weighted by Gasteiger charge is -2.33. The third-order valence-electron chi connectivity index (χ3n) is 5.02. The quantitative estimate of drug-likeness (QED) is 0.584. The van der Waals surface area contributed by atoms with Crippen molar-refractivity contribution in [1.29, 1.82) is 0 Å². The van der Waals surface area contributed by atoms with Crippen molar-refractivity contribution < 1.29 is 14.3 Å². The average molecular weight is 460 g/mol. The Balaban J connectivity index is 1.57. The predicted octanol–water partition coefficient (Wildman–Crippen LogP) is 3.33. The van der Waals surface area contributed by atoms with Gasteiger partial charge in [-0.25, -0.2) is 4.68 Å². The van der Waals surface area contributed by atoms with Crippen LogP contribution >= 0.6 is 23.4 Å². The standard InChI is InChI=1S/C21H22ClN5O3S/c1-12-24-25-21-27(12)26-18(14-6-9-17(30-3)16(22)10-14)19(31-21)20(28)23-11-13-4-7-15(29-2)8-5-13/h4-10,18-19,26H,11H2,1-3H3,(H,23,28)/t18-,19+/m1/s1. The van der Waals surface area contributed by atoms with Gasteiger partial charge in [0.1, 0.15) is 22.6 Å². The van der Waals surface area contributed by atoms with E-state index in [1.54, 1.807) is 25.0 Å². The minimum atomic E-state index is -0.473. The number of nitrogens with zero attached hydrogens (tertiary/aromatic N) is 3. The molecule has 31 heavy (non-hydrogen) atoms. The number of carbonyl (C=O) groups excluding carboxylic acids is 1. The number of fused-ring (bicyclic) bond motifs is 1. The number of benzene rings is 2. The molecule has 0 saturated heterocycles. The molecule has 1 aliphatic rings. The summed E-state index contributed by atoms with van der Waals surface area (Å²) in [6, 6.07) is 12.7. The Labute approximate surface area is 189 Å². The van der Waals surface area contributed by atoms with Crippen LogP contribution in [0.5, 0.6) is 11.5 Å². The van der Waals surface area contributed by atoms with Crippen LogP contribution in [0.4, 0.5) is 0 Å². The van der Waals surface area contributed by atoms with Crippen LogP contribution in [0.2, 0.25) is 5.02 Å². The van der Waals surface area contributed by atoms with Gasteiger partial charge in [-0.15, -0.1) is 10.2 Å². The molecule has 3 aromatic rings. The number of hydrogen-bond acceptors (Lipinski definition) is 7. The molecule has 0 spiro atoms. The van der Waals surface area contributed by atoms with Gasteiger partial charge in [0.2, 0.25) is 11.1 Å². The summed E-state index contributed by atoms with van der Waals surface area (Å²) < 4.78 is 12.2. The molecular formula is C21H22ClN5O3S. The normalized spacial score (nSPS) is 17.4. The fraction of sp³-hybridized carbons (Fsp3) is 0.286. The first-order valence-corrected chi connectivity index (χ1v) is 10.8. The fourth-order valence-electron chi connectivity index (χ4n) is 3.32. The molecule has 2 atom stereocenters. The van der Waals surface area contributed by atoms with Crippen molar-refractivity contribution in [3.8, 4) is 11.5 Å². The van der Waals surface area contributed by atoms with Crippen molar-refractivity contribution in [3.63, 3.8) is 0 Å². The van der Waals surface area contributed by atoms with Gasteiger partial charge in [-0.2, -0.15) is 0 Å². The Morgan fingerprint density at radius 1 is 1.19 bits per heavy atom. The topological polar surface area (TPSA) is 90.3 Å². The van der Waals surface area contributed by atoms with Gasteiger partial charge < -0.3 is 20.2 Å². The molecule has 10 heteroatoms. The number of carbonyl (C=O) groups is 1. The van der Waals surface area contributed by atoms with Crippen molar-refractivity contribution in [2.24, 2.45) is 0 Å². The lowest BCUT2D eigenvalue weighted by Crippen LogP contribution is -2.44. The molecule has 2 heterocycles. The van der Waals surface area contributed by atoms with E-state index in [-0.39, 0.29) is 11.9 Å². The number of hydrogen-bond donors (Lipinski definition) is 2. The molecule has 0 saturated carbocycles. The van der Waals surface area contributed by atoms with E-state index in [0.717, 1.165) is 16.9 Å². The van der Waals surface area contributed by atoms with Crippen LogP contribution in [0, 0.1) is 6.92 Å². The Morgan fingerprint density at radius 2 is 1.97 bits per heavy atom. The Kier molecular flexibility index (Phi) is 6.24. The van der Waals surface area contributed by atoms with Crippen molar-refractivity contribution in [2.45, 2.75) is 29.9 Å². The second-order valence-corrected chi connectivity index (χ2v) is 8.49. The number of halogens is 1. The van der Waals surface area contributed by atoms with Crippen molar-refractivity contribution in [3.05, 3.63) is 64.4 Å². The minimum Gasteiger partial charge on any atom is -0.497 e. The third kappa shape index (κ3) is 4.42. The highest BCUT2D eigenvalue weighted by atomic mass is 35.5. The van der Waals surface area contributed by atoms with Crippen LogP contribution in [0.15, 0.2) is 47.6 Å². The Bertz CT molecular complexity index is 1090. The van der Waals surface area contributed by atoms with E-state index in [1.165, 1.54) is 11.8 Å². The van der Waals surface area contributed by atoms with Gasteiger partial charge in [0, 0.05) is 6.54 Å². The van der Waals surface area contributed by atoms with Crippen LogP contribution in [0.3, 0.4) is 0 Å². The first-order valence-electron chi connectivity index (χ1n) is 9.59. The zero-order valence-electron chi connectivity index (χ0n) is 17.3. The van der Waals surface area contributed by atoms with Crippen LogP contribution in [-0.2, 0) is 11.3 Å². The third-order valence-corrected chi connectivity index (χ3v) is 6.53. The number of nitrogens with one attached hydrogen (secondary N) is 2. The maximum atomic E-state index is 13.2. The lowest BCUT2D eigenvalue weighted by molar-refractivity contribution is -0.121. The minimum absolute atomic E-state index is 0.114. The summed E-state index contributed by atoms with van der Waals surface area (Å²) in [5.74, 6) is 1.95. The molecule has 0 aliphatic carbocycles. The zero-order chi connectivity index (χ0) is 22.0. The molecule has 2 aromatic carbocycles. The molecule has 0 radical (unpaired) electrons.